The number of carbonyl (C=O) groups excluding carboxylic acids is 3. The Bertz CT molecular complexity index is 2000. The number of halogens is 1. The van der Waals surface area contributed by atoms with E-state index in [1.165, 1.54) is 17.7 Å². The number of fused-ring (bicyclic) bond motifs is 7. The minimum absolute atomic E-state index is 0.0547. The summed E-state index contributed by atoms with van der Waals surface area (Å²) in [6, 6.07) is -0.536. The molecular formula is C52H74FNO6. The zero-order chi connectivity index (χ0) is 44.8. The van der Waals surface area contributed by atoms with Gasteiger partial charge in [0.1, 0.15) is 11.9 Å². The molecule has 1 N–H and O–H groups in total. The number of ketones is 1. The average molecular weight is 828 g/mol. The Balaban J connectivity index is 1.38. The summed E-state index contributed by atoms with van der Waals surface area (Å²) in [5.74, 6) is -1.10. The van der Waals surface area contributed by atoms with Gasteiger partial charge in [0.05, 0.1) is 17.9 Å². The normalized spacial score (nSPS) is 37.6. The van der Waals surface area contributed by atoms with Crippen molar-refractivity contribution in [2.45, 2.75) is 172 Å². The van der Waals surface area contributed by atoms with Gasteiger partial charge in [0.25, 0.3) is 0 Å². The highest BCUT2D eigenvalue weighted by molar-refractivity contribution is 6.02. The van der Waals surface area contributed by atoms with Crippen LogP contribution < -0.4 is 0 Å². The van der Waals surface area contributed by atoms with Gasteiger partial charge in [0.2, 0.25) is 5.91 Å². The molecule has 0 radical (unpaired) electrons. The molecule has 0 saturated heterocycles. The van der Waals surface area contributed by atoms with Crippen molar-refractivity contribution in [3.8, 4) is 0 Å². The van der Waals surface area contributed by atoms with Gasteiger partial charge in [0, 0.05) is 34.3 Å². The number of esters is 1. The minimum atomic E-state index is -1.21. The lowest BCUT2D eigenvalue weighted by Crippen LogP contribution is -2.69. The Labute approximate surface area is 360 Å². The zero-order valence-electron chi connectivity index (χ0n) is 39.0. The van der Waals surface area contributed by atoms with Crippen LogP contribution in [-0.2, 0) is 23.9 Å². The van der Waals surface area contributed by atoms with E-state index in [1.54, 1.807) is 26.0 Å². The number of hydrogen-bond donors (Lipinski definition) is 1. The molecule has 60 heavy (non-hydrogen) atoms. The van der Waals surface area contributed by atoms with E-state index in [2.05, 4.69) is 68.0 Å². The molecule has 6 aliphatic carbocycles. The van der Waals surface area contributed by atoms with Crippen molar-refractivity contribution in [1.29, 1.82) is 0 Å². The van der Waals surface area contributed by atoms with Crippen LogP contribution in [0.25, 0.3) is 0 Å². The molecular weight excluding hydrogens is 754 g/mol. The van der Waals surface area contributed by atoms with Crippen LogP contribution in [0.1, 0.15) is 154 Å². The number of carboxylic acids is 1. The average Bonchev–Trinajstić information content (AvgIpc) is 3.31. The topological polar surface area (TPSA) is 101 Å². The van der Waals surface area contributed by atoms with Gasteiger partial charge < -0.3 is 14.7 Å². The van der Waals surface area contributed by atoms with Crippen LogP contribution in [0.5, 0.6) is 0 Å². The molecule has 0 aromatic heterocycles. The zero-order valence-corrected chi connectivity index (χ0v) is 39.0. The summed E-state index contributed by atoms with van der Waals surface area (Å²) in [7, 11) is 0. The number of aliphatic carboxylic acids is 1. The van der Waals surface area contributed by atoms with E-state index in [-0.39, 0.29) is 69.6 Å². The predicted molar refractivity (Wildman–Crippen MR) is 236 cm³/mol. The van der Waals surface area contributed by atoms with Gasteiger partial charge in [-0.1, -0.05) is 78.3 Å². The van der Waals surface area contributed by atoms with Crippen LogP contribution in [0, 0.1) is 55.7 Å². The van der Waals surface area contributed by atoms with E-state index >= 15 is 0 Å². The van der Waals surface area contributed by atoms with Gasteiger partial charge in [-0.2, -0.15) is 0 Å². The highest BCUT2D eigenvalue weighted by Gasteiger charge is 2.74. The molecule has 7 nitrogen and oxygen atoms in total. The van der Waals surface area contributed by atoms with Gasteiger partial charge in [0.15, 0.2) is 5.78 Å². The fourth-order valence-corrected chi connectivity index (χ4v) is 14.6. The number of amides is 1. The SMILES string of the molecule is C=CC12CCC3(C)C(CCC4C5=C(C(C)C)C(=O)CC5(C(C)=C(C)C(=O)N(C(C)C)C5C=CC=C(F)C=C5)CCC43C)C1(C)CCC(OC(=O)CC(C)(C)C(=O)O)C2(C)C. The van der Waals surface area contributed by atoms with Crippen molar-refractivity contribution in [1.82, 2.24) is 4.90 Å². The summed E-state index contributed by atoms with van der Waals surface area (Å²) in [6.07, 6.45) is 17.3. The van der Waals surface area contributed by atoms with Gasteiger partial charge in [-0.25, -0.2) is 4.39 Å². The summed E-state index contributed by atoms with van der Waals surface area (Å²) in [6.45, 7) is 32.0. The molecule has 0 bridgehead atoms. The van der Waals surface area contributed by atoms with Gasteiger partial charge in [-0.3, -0.25) is 19.2 Å². The molecule has 0 spiro atoms. The lowest BCUT2D eigenvalue weighted by atomic mass is 9.29. The number of ether oxygens (including phenoxy) is 1. The van der Waals surface area contributed by atoms with Crippen molar-refractivity contribution >= 4 is 23.6 Å². The smallest absolute Gasteiger partial charge is 0.309 e. The van der Waals surface area contributed by atoms with Gasteiger partial charge in [-0.05, 0) is 150 Å². The van der Waals surface area contributed by atoms with Gasteiger partial charge >= 0.3 is 11.9 Å². The third-order valence-corrected chi connectivity index (χ3v) is 18.4. The highest BCUT2D eigenvalue weighted by atomic mass is 19.1. The maximum Gasteiger partial charge on any atom is 0.309 e. The molecule has 8 heteroatoms. The summed E-state index contributed by atoms with van der Waals surface area (Å²) >= 11 is 0. The molecule has 1 amide bonds. The van der Waals surface area contributed by atoms with E-state index in [9.17, 15) is 28.7 Å². The van der Waals surface area contributed by atoms with Crippen molar-refractivity contribution in [3.05, 3.63) is 71.2 Å². The second kappa shape index (κ2) is 15.4. The Morgan fingerprint density at radius 1 is 0.950 bits per heavy atom. The quantitative estimate of drug-likeness (QED) is 0.134. The Hall–Kier alpha value is -3.55. The summed E-state index contributed by atoms with van der Waals surface area (Å²) in [5.41, 5.74) is 1.11. The van der Waals surface area contributed by atoms with E-state index < -0.39 is 34.2 Å². The number of nitrogens with zero attached hydrogens (tertiary/aromatic N) is 1. The maximum atomic E-state index is 14.7. The molecule has 0 heterocycles. The summed E-state index contributed by atoms with van der Waals surface area (Å²) in [4.78, 5) is 56.2. The standard InChI is InChI=1S/C52H74FNO6/c1-15-52-28-26-49(13)39(50(52,14)24-23-40(47(52,10)11)60-41(56)30-46(8,9)45(58)59)22-21-37-43-42(31(2)3)38(55)29-51(43,27-25-48(37,49)12)34(7)33(6)44(57)54(32(4)5)36-18-16-17-35(53)19-20-36/h15-20,31-32,36-37,39-40H,1,21-30H2,2-14H3,(H,58,59). The number of allylic oxidation sites excluding steroid dienone is 8. The fraction of sp³-hybridized carbons (Fsp3) is 0.692. The van der Waals surface area contributed by atoms with Crippen molar-refractivity contribution in [2.24, 2.45) is 55.7 Å². The molecule has 0 aliphatic heterocycles. The van der Waals surface area contributed by atoms with Crippen LogP contribution in [0.15, 0.2) is 71.2 Å². The molecule has 330 valence electrons. The first kappa shape index (κ1) is 46.0. The Kier molecular flexibility index (Phi) is 11.8. The van der Waals surface area contributed by atoms with Crippen LogP contribution >= 0.6 is 0 Å². The second-order valence-electron chi connectivity index (χ2n) is 22.2. The maximum absolute atomic E-state index is 14.7. The number of carboxylic acid groups (broad SMARTS) is 1. The second-order valence-corrected chi connectivity index (χ2v) is 22.2. The Morgan fingerprint density at radius 3 is 2.20 bits per heavy atom. The lowest BCUT2D eigenvalue weighted by molar-refractivity contribution is -0.260. The van der Waals surface area contributed by atoms with Crippen LogP contribution in [0.4, 0.5) is 4.39 Å². The highest BCUT2D eigenvalue weighted by Crippen LogP contribution is 2.80. The minimum Gasteiger partial charge on any atom is -0.481 e. The van der Waals surface area contributed by atoms with E-state index in [0.717, 1.165) is 56.1 Å². The molecule has 6 rings (SSSR count). The third-order valence-electron chi connectivity index (χ3n) is 18.4. The van der Waals surface area contributed by atoms with Crippen LogP contribution in [0.2, 0.25) is 0 Å². The predicted octanol–water partition coefficient (Wildman–Crippen LogP) is 11.9. The first-order valence-corrected chi connectivity index (χ1v) is 22.8. The first-order valence-electron chi connectivity index (χ1n) is 22.8. The first-order chi connectivity index (χ1) is 27.7. The largest absolute Gasteiger partial charge is 0.481 e. The number of rotatable bonds is 10. The van der Waals surface area contributed by atoms with E-state index in [0.29, 0.717) is 24.3 Å². The third kappa shape index (κ3) is 6.52. The Morgan fingerprint density at radius 2 is 1.60 bits per heavy atom. The summed E-state index contributed by atoms with van der Waals surface area (Å²) in [5, 5.41) is 9.72. The number of carbonyl (C=O) groups is 4. The van der Waals surface area contributed by atoms with E-state index in [4.69, 9.17) is 4.74 Å². The molecule has 9 unspecified atom stereocenters. The summed E-state index contributed by atoms with van der Waals surface area (Å²) < 4.78 is 20.5. The monoisotopic (exact) mass is 828 g/mol. The molecule has 0 aromatic carbocycles. The molecule has 4 fully saturated rings. The lowest BCUT2D eigenvalue weighted by Gasteiger charge is -2.75. The van der Waals surface area contributed by atoms with Crippen molar-refractivity contribution in [3.63, 3.8) is 0 Å². The van der Waals surface area contributed by atoms with Crippen LogP contribution in [0.3, 0.4) is 0 Å². The molecule has 9 atom stereocenters. The number of Topliss-reactive ketones (excluding diaryl/α,β-unsaturated/α-hetero) is 1. The fourth-order valence-electron chi connectivity index (χ4n) is 14.6. The van der Waals surface area contributed by atoms with Crippen molar-refractivity contribution in [2.75, 3.05) is 0 Å². The number of hydrogen-bond acceptors (Lipinski definition) is 5. The van der Waals surface area contributed by atoms with Crippen molar-refractivity contribution < 1.29 is 33.4 Å². The molecule has 6 aliphatic rings. The molecule has 4 saturated carbocycles. The molecule has 0 aromatic rings. The van der Waals surface area contributed by atoms with Gasteiger partial charge in [-0.15, -0.1) is 6.58 Å². The van der Waals surface area contributed by atoms with E-state index in [1.807, 2.05) is 31.7 Å². The van der Waals surface area contributed by atoms with Crippen LogP contribution in [-0.4, -0.2) is 51.8 Å².